The Bertz CT molecular complexity index is 970. The maximum absolute atomic E-state index is 12.2. The normalized spacial score (nSPS) is 11.3. The van der Waals surface area contributed by atoms with Gasteiger partial charge in [0.05, 0.1) is 16.2 Å². The van der Waals surface area contributed by atoms with Crippen molar-refractivity contribution in [3.8, 4) is 0 Å². The second kappa shape index (κ2) is 6.80. The molecule has 2 aromatic carbocycles. The van der Waals surface area contributed by atoms with Crippen molar-refractivity contribution in [3.05, 3.63) is 72.4 Å². The molecule has 0 fully saturated rings. The predicted octanol–water partition coefficient (Wildman–Crippen LogP) is 2.44. The number of nitrogens with zero attached hydrogens (tertiary/aromatic N) is 1. The highest BCUT2D eigenvalue weighted by Gasteiger charge is 2.15. The Hall–Kier alpha value is -2.73. The molecule has 1 heterocycles. The summed E-state index contributed by atoms with van der Waals surface area (Å²) >= 11 is 0. The van der Waals surface area contributed by atoms with E-state index in [0.717, 1.165) is 10.9 Å². The molecule has 1 N–H and O–H groups in total. The van der Waals surface area contributed by atoms with Gasteiger partial charge in [-0.1, -0.05) is 42.5 Å². The molecule has 3 aromatic rings. The van der Waals surface area contributed by atoms with Crippen molar-refractivity contribution >= 4 is 26.6 Å². The van der Waals surface area contributed by atoms with E-state index < -0.39 is 9.84 Å². The third-order valence-corrected chi connectivity index (χ3v) is 5.32. The third-order valence-electron chi connectivity index (χ3n) is 3.59. The lowest BCUT2D eigenvalue weighted by molar-refractivity contribution is 0.0951. The molecule has 0 aliphatic carbocycles. The molecule has 1 amide bonds. The molecular formula is C18H16N2O3S. The topological polar surface area (TPSA) is 76.1 Å². The van der Waals surface area contributed by atoms with E-state index in [0.29, 0.717) is 0 Å². The molecule has 1 aromatic heterocycles. The van der Waals surface area contributed by atoms with Crippen LogP contribution in [0.4, 0.5) is 0 Å². The van der Waals surface area contributed by atoms with Crippen LogP contribution in [0.3, 0.4) is 0 Å². The number of carbonyl (C=O) groups is 1. The fraction of sp³-hybridized carbons (Fsp3) is 0.111. The van der Waals surface area contributed by atoms with E-state index in [9.17, 15) is 13.2 Å². The first-order valence-corrected chi connectivity index (χ1v) is 9.13. The van der Waals surface area contributed by atoms with Gasteiger partial charge in [0, 0.05) is 11.9 Å². The van der Waals surface area contributed by atoms with Gasteiger partial charge in [0.15, 0.2) is 9.84 Å². The summed E-state index contributed by atoms with van der Waals surface area (Å²) < 4.78 is 24.3. The van der Waals surface area contributed by atoms with Crippen molar-refractivity contribution in [3.63, 3.8) is 0 Å². The smallest absolute Gasteiger partial charge is 0.269 e. The van der Waals surface area contributed by atoms with Crippen LogP contribution in [0.15, 0.2) is 71.6 Å². The number of hydrogen-bond donors (Lipinski definition) is 1. The number of sulfone groups is 1. The molecule has 122 valence electrons. The highest BCUT2D eigenvalue weighted by Crippen LogP contribution is 2.12. The summed E-state index contributed by atoms with van der Waals surface area (Å²) in [7, 11) is -3.41. The minimum atomic E-state index is -3.41. The zero-order valence-electron chi connectivity index (χ0n) is 12.8. The molecule has 0 spiro atoms. The Morgan fingerprint density at radius 2 is 1.62 bits per heavy atom. The quantitative estimate of drug-likeness (QED) is 0.774. The zero-order valence-corrected chi connectivity index (χ0v) is 13.7. The Morgan fingerprint density at radius 3 is 2.42 bits per heavy atom. The predicted molar refractivity (Wildman–Crippen MR) is 92.6 cm³/mol. The Labute approximate surface area is 140 Å². The van der Waals surface area contributed by atoms with Gasteiger partial charge >= 0.3 is 0 Å². The van der Waals surface area contributed by atoms with E-state index in [1.807, 2.05) is 30.3 Å². The van der Waals surface area contributed by atoms with Crippen molar-refractivity contribution in [2.45, 2.75) is 4.90 Å². The van der Waals surface area contributed by atoms with E-state index in [-0.39, 0.29) is 28.8 Å². The molecule has 6 heteroatoms. The molecule has 0 saturated carbocycles. The van der Waals surface area contributed by atoms with Crippen LogP contribution < -0.4 is 5.32 Å². The Balaban J connectivity index is 1.65. The number of para-hydroxylation sites is 1. The van der Waals surface area contributed by atoms with Gasteiger partial charge < -0.3 is 5.32 Å². The molecule has 0 atom stereocenters. The van der Waals surface area contributed by atoms with Gasteiger partial charge in [-0.05, 0) is 24.3 Å². The average Bonchev–Trinajstić information content (AvgIpc) is 2.62. The molecule has 0 radical (unpaired) electrons. The molecule has 0 saturated heterocycles. The number of hydrogen-bond acceptors (Lipinski definition) is 4. The number of nitrogens with one attached hydrogen (secondary N) is 1. The van der Waals surface area contributed by atoms with Gasteiger partial charge in [-0.3, -0.25) is 4.79 Å². The van der Waals surface area contributed by atoms with Crippen LogP contribution in [0.2, 0.25) is 0 Å². The second-order valence-corrected chi connectivity index (χ2v) is 7.39. The van der Waals surface area contributed by atoms with Gasteiger partial charge in [0.25, 0.3) is 5.91 Å². The Kier molecular flexibility index (Phi) is 4.57. The van der Waals surface area contributed by atoms with Crippen molar-refractivity contribution in [1.82, 2.24) is 10.3 Å². The number of aromatic nitrogens is 1. The van der Waals surface area contributed by atoms with Crippen molar-refractivity contribution in [1.29, 1.82) is 0 Å². The number of rotatable bonds is 5. The lowest BCUT2D eigenvalue weighted by atomic mass is 10.2. The highest BCUT2D eigenvalue weighted by atomic mass is 32.2. The zero-order chi connectivity index (χ0) is 17.0. The first-order valence-electron chi connectivity index (χ1n) is 7.48. The van der Waals surface area contributed by atoms with Gasteiger partial charge in [-0.15, -0.1) is 0 Å². The first-order chi connectivity index (χ1) is 11.6. The number of pyridine rings is 1. The van der Waals surface area contributed by atoms with Crippen molar-refractivity contribution < 1.29 is 13.2 Å². The fourth-order valence-electron chi connectivity index (χ4n) is 2.33. The SMILES string of the molecule is O=C(NCCS(=O)(=O)c1ccccc1)c1ccc2ccccc2n1. The van der Waals surface area contributed by atoms with Crippen LogP contribution in [-0.2, 0) is 9.84 Å². The molecule has 24 heavy (non-hydrogen) atoms. The highest BCUT2D eigenvalue weighted by molar-refractivity contribution is 7.91. The molecule has 0 aliphatic heterocycles. The monoisotopic (exact) mass is 340 g/mol. The van der Waals surface area contributed by atoms with E-state index >= 15 is 0 Å². The van der Waals surface area contributed by atoms with Gasteiger partial charge in [-0.25, -0.2) is 13.4 Å². The summed E-state index contributed by atoms with van der Waals surface area (Å²) in [5.74, 6) is -0.542. The van der Waals surface area contributed by atoms with Crippen molar-refractivity contribution in [2.24, 2.45) is 0 Å². The Morgan fingerprint density at radius 1 is 0.917 bits per heavy atom. The van der Waals surface area contributed by atoms with Gasteiger partial charge in [-0.2, -0.15) is 0 Å². The standard InChI is InChI=1S/C18H16N2O3S/c21-18(17-11-10-14-6-4-5-9-16(14)20-17)19-12-13-24(22,23)15-7-2-1-3-8-15/h1-11H,12-13H2,(H,19,21). The minimum Gasteiger partial charge on any atom is -0.350 e. The molecule has 0 bridgehead atoms. The third kappa shape index (κ3) is 3.60. The largest absolute Gasteiger partial charge is 0.350 e. The lowest BCUT2D eigenvalue weighted by Gasteiger charge is -2.07. The van der Waals surface area contributed by atoms with Crippen LogP contribution in [0.25, 0.3) is 10.9 Å². The summed E-state index contributed by atoms with van der Waals surface area (Å²) in [4.78, 5) is 16.7. The summed E-state index contributed by atoms with van der Waals surface area (Å²) in [5.41, 5.74) is 0.993. The van der Waals surface area contributed by atoms with Gasteiger partial charge in [0.1, 0.15) is 5.69 Å². The summed E-state index contributed by atoms with van der Waals surface area (Å²) in [6.45, 7) is 0.0323. The maximum atomic E-state index is 12.2. The number of benzene rings is 2. The number of amides is 1. The first kappa shape index (κ1) is 16.1. The average molecular weight is 340 g/mol. The van der Waals surface area contributed by atoms with E-state index in [2.05, 4.69) is 10.3 Å². The van der Waals surface area contributed by atoms with Gasteiger partial charge in [0.2, 0.25) is 0 Å². The van der Waals surface area contributed by atoms with Crippen LogP contribution in [0.1, 0.15) is 10.5 Å². The van der Waals surface area contributed by atoms with E-state index in [1.165, 1.54) is 0 Å². The summed E-state index contributed by atoms with van der Waals surface area (Å²) in [5, 5.41) is 3.55. The van der Waals surface area contributed by atoms with Crippen LogP contribution >= 0.6 is 0 Å². The fourth-order valence-corrected chi connectivity index (χ4v) is 3.51. The molecule has 0 aliphatic rings. The molecule has 0 unspecified atom stereocenters. The van der Waals surface area contributed by atoms with Crippen molar-refractivity contribution in [2.75, 3.05) is 12.3 Å². The molecule has 5 nitrogen and oxygen atoms in total. The van der Waals surface area contributed by atoms with Crippen LogP contribution in [0.5, 0.6) is 0 Å². The summed E-state index contributed by atoms with van der Waals surface area (Å²) in [6.07, 6.45) is 0. The second-order valence-electron chi connectivity index (χ2n) is 5.28. The maximum Gasteiger partial charge on any atom is 0.269 e. The summed E-state index contributed by atoms with van der Waals surface area (Å²) in [6, 6.07) is 19.1. The van der Waals surface area contributed by atoms with Crippen LogP contribution in [-0.4, -0.2) is 31.6 Å². The van der Waals surface area contributed by atoms with E-state index in [4.69, 9.17) is 0 Å². The van der Waals surface area contributed by atoms with Crippen LogP contribution in [0, 0.1) is 0 Å². The lowest BCUT2D eigenvalue weighted by Crippen LogP contribution is -2.29. The number of fused-ring (bicyclic) bond motifs is 1. The van der Waals surface area contributed by atoms with E-state index in [1.54, 1.807) is 36.4 Å². The minimum absolute atomic E-state index is 0.0323. The molecule has 3 rings (SSSR count). The molecular weight excluding hydrogens is 324 g/mol. The number of carbonyl (C=O) groups excluding carboxylic acids is 1.